The van der Waals surface area contributed by atoms with Crippen LogP contribution in [-0.4, -0.2) is 12.5 Å². The minimum Gasteiger partial charge on any atom is -0.351 e. The predicted octanol–water partition coefficient (Wildman–Crippen LogP) is 1.69. The summed E-state index contributed by atoms with van der Waals surface area (Å²) in [7, 11) is 0. The first-order valence-corrected chi connectivity index (χ1v) is 5.48. The van der Waals surface area contributed by atoms with Crippen LogP contribution in [0.2, 0.25) is 0 Å². The first-order valence-electron chi connectivity index (χ1n) is 4.66. The number of halogens is 1. The van der Waals surface area contributed by atoms with E-state index in [9.17, 15) is 4.79 Å². The SMILES string of the molecule is Cc1ccc(CNC(=O)C(C)CN)s1.Cl. The van der Waals surface area contributed by atoms with Crippen LogP contribution in [0.4, 0.5) is 0 Å². The summed E-state index contributed by atoms with van der Waals surface area (Å²) in [5.41, 5.74) is 5.39. The molecule has 0 saturated heterocycles. The number of amides is 1. The van der Waals surface area contributed by atoms with Gasteiger partial charge in [-0.3, -0.25) is 4.79 Å². The third-order valence-electron chi connectivity index (χ3n) is 2.03. The van der Waals surface area contributed by atoms with Gasteiger partial charge in [0.1, 0.15) is 0 Å². The molecule has 0 saturated carbocycles. The Balaban J connectivity index is 0.00000196. The van der Waals surface area contributed by atoms with Gasteiger partial charge >= 0.3 is 0 Å². The zero-order chi connectivity index (χ0) is 10.6. The molecule has 0 aromatic carbocycles. The van der Waals surface area contributed by atoms with Gasteiger partial charge in [0.25, 0.3) is 0 Å². The van der Waals surface area contributed by atoms with E-state index in [1.165, 1.54) is 9.75 Å². The van der Waals surface area contributed by atoms with Crippen molar-refractivity contribution in [3.63, 3.8) is 0 Å². The van der Waals surface area contributed by atoms with Crippen molar-refractivity contribution in [2.24, 2.45) is 11.7 Å². The van der Waals surface area contributed by atoms with Crippen molar-refractivity contribution in [3.8, 4) is 0 Å². The minimum absolute atomic E-state index is 0. The summed E-state index contributed by atoms with van der Waals surface area (Å²) in [6, 6.07) is 4.09. The molecule has 1 rings (SSSR count). The van der Waals surface area contributed by atoms with E-state index in [1.807, 2.05) is 13.0 Å². The molecule has 0 fully saturated rings. The van der Waals surface area contributed by atoms with Gasteiger partial charge in [0.15, 0.2) is 0 Å². The van der Waals surface area contributed by atoms with Crippen molar-refractivity contribution < 1.29 is 4.79 Å². The molecule has 5 heteroatoms. The van der Waals surface area contributed by atoms with Gasteiger partial charge in [-0.1, -0.05) is 6.92 Å². The minimum atomic E-state index is -0.101. The van der Waals surface area contributed by atoms with Crippen molar-refractivity contribution in [3.05, 3.63) is 21.9 Å². The van der Waals surface area contributed by atoms with Crippen LogP contribution in [0.1, 0.15) is 16.7 Å². The summed E-state index contributed by atoms with van der Waals surface area (Å²) in [4.78, 5) is 13.8. The summed E-state index contributed by atoms with van der Waals surface area (Å²) in [5, 5.41) is 2.85. The van der Waals surface area contributed by atoms with Crippen molar-refractivity contribution >= 4 is 29.7 Å². The topological polar surface area (TPSA) is 55.1 Å². The van der Waals surface area contributed by atoms with Crippen LogP contribution in [-0.2, 0) is 11.3 Å². The molecule has 0 radical (unpaired) electrons. The van der Waals surface area contributed by atoms with Gasteiger partial charge in [-0.2, -0.15) is 0 Å². The Kier molecular flexibility index (Phi) is 6.56. The monoisotopic (exact) mass is 248 g/mol. The molecule has 86 valence electrons. The smallest absolute Gasteiger partial charge is 0.224 e. The fourth-order valence-electron chi connectivity index (χ4n) is 1.04. The first-order chi connectivity index (χ1) is 6.63. The van der Waals surface area contributed by atoms with Gasteiger partial charge in [0.05, 0.1) is 6.54 Å². The van der Waals surface area contributed by atoms with Gasteiger partial charge < -0.3 is 11.1 Å². The zero-order valence-corrected chi connectivity index (χ0v) is 10.6. The number of aryl methyl sites for hydroxylation is 1. The lowest BCUT2D eigenvalue weighted by molar-refractivity contribution is -0.124. The number of hydrogen-bond acceptors (Lipinski definition) is 3. The molecule has 1 aromatic rings. The van der Waals surface area contributed by atoms with Crippen LogP contribution in [0.5, 0.6) is 0 Å². The van der Waals surface area contributed by atoms with E-state index >= 15 is 0 Å². The van der Waals surface area contributed by atoms with Crippen LogP contribution < -0.4 is 11.1 Å². The summed E-state index contributed by atoms with van der Waals surface area (Å²) in [5.74, 6) is -0.0744. The second-order valence-corrected chi connectivity index (χ2v) is 4.74. The lowest BCUT2D eigenvalue weighted by atomic mass is 10.2. The van der Waals surface area contributed by atoms with Crippen LogP contribution in [0.15, 0.2) is 12.1 Å². The van der Waals surface area contributed by atoms with E-state index in [-0.39, 0.29) is 24.2 Å². The molecule has 1 atom stereocenters. The highest BCUT2D eigenvalue weighted by Gasteiger charge is 2.09. The number of rotatable bonds is 4. The number of carbonyl (C=O) groups is 1. The second-order valence-electron chi connectivity index (χ2n) is 3.37. The lowest BCUT2D eigenvalue weighted by Crippen LogP contribution is -2.32. The van der Waals surface area contributed by atoms with Gasteiger partial charge in [0.2, 0.25) is 5.91 Å². The second kappa shape index (κ2) is 6.82. The highest BCUT2D eigenvalue weighted by molar-refractivity contribution is 7.11. The average molecular weight is 249 g/mol. The molecular weight excluding hydrogens is 232 g/mol. The Morgan fingerprint density at radius 1 is 1.60 bits per heavy atom. The van der Waals surface area contributed by atoms with Crippen molar-refractivity contribution in [1.82, 2.24) is 5.32 Å². The molecule has 1 aromatic heterocycles. The fraction of sp³-hybridized carbons (Fsp3) is 0.500. The maximum absolute atomic E-state index is 11.4. The molecule has 15 heavy (non-hydrogen) atoms. The summed E-state index contributed by atoms with van der Waals surface area (Å²) in [6.07, 6.45) is 0. The molecule has 0 bridgehead atoms. The zero-order valence-electron chi connectivity index (χ0n) is 8.95. The molecule has 3 nitrogen and oxygen atoms in total. The molecule has 0 aliphatic rings. The normalized spacial score (nSPS) is 11.7. The number of hydrogen-bond donors (Lipinski definition) is 2. The van der Waals surface area contributed by atoms with E-state index in [1.54, 1.807) is 11.3 Å². The summed E-state index contributed by atoms with van der Waals surface area (Å²) < 4.78 is 0. The molecule has 1 amide bonds. The van der Waals surface area contributed by atoms with E-state index in [0.29, 0.717) is 13.1 Å². The predicted molar refractivity (Wildman–Crippen MR) is 66.4 cm³/mol. The molecule has 3 N–H and O–H groups in total. The number of thiophene rings is 1. The van der Waals surface area contributed by atoms with Crippen LogP contribution in [0.3, 0.4) is 0 Å². The Hall–Kier alpha value is -0.580. The molecule has 1 unspecified atom stereocenters. The molecule has 1 heterocycles. The van der Waals surface area contributed by atoms with Gasteiger partial charge in [-0.05, 0) is 19.1 Å². The van der Waals surface area contributed by atoms with Gasteiger partial charge in [0, 0.05) is 22.2 Å². The Morgan fingerprint density at radius 3 is 2.73 bits per heavy atom. The fourth-order valence-corrected chi connectivity index (χ4v) is 1.87. The van der Waals surface area contributed by atoms with E-state index in [0.717, 1.165) is 0 Å². The first kappa shape index (κ1) is 14.4. The highest BCUT2D eigenvalue weighted by Crippen LogP contribution is 2.14. The maximum atomic E-state index is 11.4. The van der Waals surface area contributed by atoms with E-state index in [4.69, 9.17) is 5.73 Å². The van der Waals surface area contributed by atoms with Gasteiger partial charge in [-0.15, -0.1) is 23.7 Å². The van der Waals surface area contributed by atoms with E-state index < -0.39 is 0 Å². The maximum Gasteiger partial charge on any atom is 0.224 e. The van der Waals surface area contributed by atoms with E-state index in [2.05, 4.69) is 18.3 Å². The average Bonchev–Trinajstić information content (AvgIpc) is 2.59. The van der Waals surface area contributed by atoms with Crippen LogP contribution in [0.25, 0.3) is 0 Å². The number of carbonyl (C=O) groups excluding carboxylic acids is 1. The van der Waals surface area contributed by atoms with Crippen molar-refractivity contribution in [1.29, 1.82) is 0 Å². The molecular formula is C10H17ClN2OS. The Labute approximate surface area is 100 Å². The van der Waals surface area contributed by atoms with Crippen LogP contribution >= 0.6 is 23.7 Å². The molecule has 0 spiro atoms. The quantitative estimate of drug-likeness (QED) is 0.852. The summed E-state index contributed by atoms with van der Waals surface area (Å²) >= 11 is 1.70. The van der Waals surface area contributed by atoms with Crippen molar-refractivity contribution in [2.45, 2.75) is 20.4 Å². The lowest BCUT2D eigenvalue weighted by Gasteiger charge is -2.08. The van der Waals surface area contributed by atoms with Crippen molar-refractivity contribution in [2.75, 3.05) is 6.54 Å². The van der Waals surface area contributed by atoms with Crippen LogP contribution in [0, 0.1) is 12.8 Å². The number of nitrogens with one attached hydrogen (secondary N) is 1. The highest BCUT2D eigenvalue weighted by atomic mass is 35.5. The molecule has 0 aliphatic heterocycles. The van der Waals surface area contributed by atoms with Gasteiger partial charge in [-0.25, -0.2) is 0 Å². The Morgan fingerprint density at radius 2 is 2.27 bits per heavy atom. The molecule has 0 aliphatic carbocycles. The largest absolute Gasteiger partial charge is 0.351 e. The third-order valence-corrected chi connectivity index (χ3v) is 3.03. The number of nitrogens with two attached hydrogens (primary N) is 1. The standard InChI is InChI=1S/C10H16N2OS.ClH/c1-7(5-11)10(13)12-6-9-4-3-8(2)14-9;/h3-4,7H,5-6,11H2,1-2H3,(H,12,13);1H. The Bertz CT molecular complexity index is 314. The summed E-state index contributed by atoms with van der Waals surface area (Å²) in [6.45, 7) is 4.89. The third kappa shape index (κ3) is 4.64.